The Morgan fingerprint density at radius 3 is 2.02 bits per heavy atom. The molecule has 2 aromatic heterocycles. The molecule has 0 atom stereocenters. The van der Waals surface area contributed by atoms with Gasteiger partial charge in [-0.25, -0.2) is 0 Å². The smallest absolute Gasteiger partial charge is 0.0742 e. The first-order chi connectivity index (χ1) is 24.6. The molecule has 3 heterocycles. The van der Waals surface area contributed by atoms with Crippen molar-refractivity contribution in [3.05, 3.63) is 203 Å². The van der Waals surface area contributed by atoms with E-state index in [9.17, 15) is 0 Å². The molecule has 1 radical (unpaired) electrons. The molecule has 9 aromatic rings. The van der Waals surface area contributed by atoms with Crippen molar-refractivity contribution >= 4 is 32.6 Å². The van der Waals surface area contributed by atoms with Gasteiger partial charge in [0, 0.05) is 37.1 Å². The minimum Gasteiger partial charge on any atom is -0.309 e. The molecule has 245 valence electrons. The van der Waals surface area contributed by atoms with Crippen LogP contribution in [0, 0.1) is 19.9 Å². The van der Waals surface area contributed by atoms with Gasteiger partial charge in [-0.1, -0.05) is 126 Å². The fourth-order valence-corrected chi connectivity index (χ4v) is 8.45. The van der Waals surface area contributed by atoms with Gasteiger partial charge in [0.1, 0.15) is 0 Å². The Bertz CT molecular complexity index is 2720. The Morgan fingerprint density at radius 1 is 0.569 bits per heavy atom. The van der Waals surface area contributed by atoms with Gasteiger partial charge in [0.05, 0.1) is 22.1 Å². The number of aromatic nitrogens is 2. The van der Waals surface area contributed by atoms with Crippen LogP contribution in [0.25, 0.3) is 60.6 Å². The molecule has 1 aliphatic heterocycles. The molecule has 0 saturated heterocycles. The van der Waals surface area contributed by atoms with E-state index in [0.717, 1.165) is 22.2 Å². The normalized spacial score (nSPS) is 12.9. The van der Waals surface area contributed by atoms with Crippen molar-refractivity contribution in [3.63, 3.8) is 0 Å². The monoisotopic (exact) mass is 830 g/mol. The van der Waals surface area contributed by atoms with Gasteiger partial charge >= 0.3 is 0 Å². The number of fused-ring (bicyclic) bond motifs is 6. The number of nitrogens with zero attached hydrogens (tertiary/aromatic N) is 2. The van der Waals surface area contributed by atoms with E-state index in [1.54, 1.807) is 0 Å². The van der Waals surface area contributed by atoms with Crippen molar-refractivity contribution in [2.75, 3.05) is 0 Å². The fourth-order valence-electron chi connectivity index (χ4n) is 8.45. The Hall–Kier alpha value is -5.60. The zero-order valence-corrected chi connectivity index (χ0v) is 30.7. The fraction of sp³-hybridized carbons (Fsp3) is 0.0625. The van der Waals surface area contributed by atoms with Crippen LogP contribution in [0.5, 0.6) is 0 Å². The summed E-state index contributed by atoms with van der Waals surface area (Å²) in [4.78, 5) is 4.79. The average molecular weight is 830 g/mol. The van der Waals surface area contributed by atoms with Crippen LogP contribution in [0.1, 0.15) is 33.4 Å². The van der Waals surface area contributed by atoms with E-state index >= 15 is 0 Å². The number of rotatable bonds is 4. The van der Waals surface area contributed by atoms with Gasteiger partial charge < -0.3 is 9.55 Å². The van der Waals surface area contributed by atoms with Gasteiger partial charge in [-0.15, -0.1) is 35.4 Å². The third-order valence-electron chi connectivity index (χ3n) is 10.8. The van der Waals surface area contributed by atoms with Crippen LogP contribution in [-0.2, 0) is 25.5 Å². The molecule has 0 aliphatic carbocycles. The minimum absolute atomic E-state index is 0. The third-order valence-corrected chi connectivity index (χ3v) is 10.8. The van der Waals surface area contributed by atoms with Crippen LogP contribution in [0.4, 0.5) is 0 Å². The zero-order chi connectivity index (χ0) is 33.4. The molecule has 0 fully saturated rings. The van der Waals surface area contributed by atoms with Crippen molar-refractivity contribution < 1.29 is 20.1 Å². The number of hydrogen-bond acceptors (Lipinski definition) is 1. The van der Waals surface area contributed by atoms with Gasteiger partial charge in [0.15, 0.2) is 0 Å². The maximum atomic E-state index is 4.79. The second kappa shape index (κ2) is 12.0. The summed E-state index contributed by atoms with van der Waals surface area (Å²) in [6.45, 7) is 4.33. The molecule has 0 saturated carbocycles. The molecule has 10 rings (SSSR count). The number of hydrogen-bond donors (Lipinski definition) is 0. The van der Waals surface area contributed by atoms with Crippen LogP contribution in [-0.4, -0.2) is 9.55 Å². The molecule has 3 heteroatoms. The molecule has 0 N–H and O–H groups in total. The van der Waals surface area contributed by atoms with Gasteiger partial charge in [0.2, 0.25) is 0 Å². The number of benzene rings is 7. The summed E-state index contributed by atoms with van der Waals surface area (Å²) in [5.41, 5.74) is 15.2. The predicted molar refractivity (Wildman–Crippen MR) is 207 cm³/mol. The zero-order valence-electron chi connectivity index (χ0n) is 28.3. The standard InChI is InChI=1S/C48H33N2.Ir/c1-31-17-22-37(23-18-31)48(38-24-19-32(2)20-25-38)42-14-5-6-16-45(42)50-44-26-21-35(30-41(44)40-13-8-15-43(48)47(40)50)34-10-7-11-36(29-34)46-39-12-4-3-9-33(39)27-28-49-46;/h3-10,12-30H,1-2H3;/q-1;. The van der Waals surface area contributed by atoms with Crippen molar-refractivity contribution in [1.82, 2.24) is 9.55 Å². The summed E-state index contributed by atoms with van der Waals surface area (Å²) in [6.07, 6.45) is 1.89. The van der Waals surface area contributed by atoms with E-state index < -0.39 is 5.41 Å². The molecule has 2 nitrogen and oxygen atoms in total. The summed E-state index contributed by atoms with van der Waals surface area (Å²) in [6, 6.07) is 61.6. The Kier molecular flexibility index (Phi) is 7.40. The Balaban J connectivity index is 0.00000348. The summed E-state index contributed by atoms with van der Waals surface area (Å²) >= 11 is 0. The second-order valence-electron chi connectivity index (χ2n) is 13.6. The van der Waals surface area contributed by atoms with Gasteiger partial charge in [-0.2, -0.15) is 0 Å². The Labute approximate surface area is 311 Å². The summed E-state index contributed by atoms with van der Waals surface area (Å²) < 4.78 is 2.50. The summed E-state index contributed by atoms with van der Waals surface area (Å²) in [7, 11) is 0. The first-order valence-corrected chi connectivity index (χ1v) is 17.3. The Morgan fingerprint density at radius 2 is 1.24 bits per heavy atom. The minimum atomic E-state index is -0.486. The van der Waals surface area contributed by atoms with Gasteiger partial charge in [-0.3, -0.25) is 0 Å². The van der Waals surface area contributed by atoms with Crippen molar-refractivity contribution in [2.45, 2.75) is 19.3 Å². The summed E-state index contributed by atoms with van der Waals surface area (Å²) in [5.74, 6) is 0. The van der Waals surface area contributed by atoms with Crippen molar-refractivity contribution in [2.24, 2.45) is 0 Å². The number of para-hydroxylation sites is 2. The molecule has 0 bridgehead atoms. The van der Waals surface area contributed by atoms with E-state index in [1.807, 2.05) is 12.3 Å². The maximum Gasteiger partial charge on any atom is 0.0742 e. The number of pyridine rings is 1. The predicted octanol–water partition coefficient (Wildman–Crippen LogP) is 11.8. The van der Waals surface area contributed by atoms with E-state index in [4.69, 9.17) is 4.98 Å². The van der Waals surface area contributed by atoms with Gasteiger partial charge in [0.25, 0.3) is 0 Å². The molecule has 0 unspecified atom stereocenters. The van der Waals surface area contributed by atoms with Crippen molar-refractivity contribution in [1.29, 1.82) is 0 Å². The SMILES string of the molecule is Cc1ccc(C2(c3ccc(C)cc3)c3ccccc3-n3c4ccc(-c5cc[c-]c(-c6nccc7ccccc67)c5)cc4c4cccc2c43)cc1.[Ir]. The molecule has 0 spiro atoms. The first kappa shape index (κ1) is 31.4. The molecular weight excluding hydrogens is 797 g/mol. The van der Waals surface area contributed by atoms with Crippen LogP contribution >= 0.6 is 0 Å². The van der Waals surface area contributed by atoms with E-state index in [1.165, 1.54) is 71.8 Å². The van der Waals surface area contributed by atoms with Crippen LogP contribution in [0.2, 0.25) is 0 Å². The quantitative estimate of drug-likeness (QED) is 0.162. The molecule has 0 amide bonds. The van der Waals surface area contributed by atoms with E-state index in [2.05, 4.69) is 176 Å². The topological polar surface area (TPSA) is 17.8 Å². The second-order valence-corrected chi connectivity index (χ2v) is 13.6. The van der Waals surface area contributed by atoms with Crippen molar-refractivity contribution in [3.8, 4) is 28.1 Å². The molecule has 7 aromatic carbocycles. The molecule has 1 aliphatic rings. The van der Waals surface area contributed by atoms with Crippen LogP contribution < -0.4 is 0 Å². The van der Waals surface area contributed by atoms with E-state index in [-0.39, 0.29) is 20.1 Å². The maximum absolute atomic E-state index is 4.79. The summed E-state index contributed by atoms with van der Waals surface area (Å²) in [5, 5.41) is 4.82. The van der Waals surface area contributed by atoms with Crippen LogP contribution in [0.15, 0.2) is 164 Å². The van der Waals surface area contributed by atoms with Gasteiger partial charge in [-0.05, 0) is 82.4 Å². The third kappa shape index (κ3) is 4.62. The largest absolute Gasteiger partial charge is 0.309 e. The van der Waals surface area contributed by atoms with E-state index in [0.29, 0.717) is 0 Å². The molecule has 51 heavy (non-hydrogen) atoms. The molecular formula is C48H33IrN2-. The number of aryl methyl sites for hydroxylation is 2. The average Bonchev–Trinajstić information content (AvgIpc) is 3.51. The van der Waals surface area contributed by atoms with Crippen LogP contribution in [0.3, 0.4) is 0 Å². The first-order valence-electron chi connectivity index (χ1n) is 17.3.